The Hall–Kier alpha value is -3.35. The Labute approximate surface area is 163 Å². The van der Waals surface area contributed by atoms with Crippen molar-refractivity contribution >= 4 is 5.91 Å². The summed E-state index contributed by atoms with van der Waals surface area (Å²) in [5.74, 6) is 1.88. The van der Waals surface area contributed by atoms with Crippen LogP contribution < -0.4 is 14.8 Å². The summed E-state index contributed by atoms with van der Waals surface area (Å²) in [6.45, 7) is 4.02. The Bertz CT molecular complexity index is 921. The first-order valence-electron chi connectivity index (χ1n) is 9.07. The molecule has 2 aromatic carbocycles. The van der Waals surface area contributed by atoms with Crippen LogP contribution in [0.4, 0.5) is 0 Å². The van der Waals surface area contributed by atoms with Crippen molar-refractivity contribution in [2.75, 3.05) is 7.11 Å². The van der Waals surface area contributed by atoms with Gasteiger partial charge >= 0.3 is 0 Å². The summed E-state index contributed by atoms with van der Waals surface area (Å²) in [7, 11) is 1.60. The molecule has 7 heteroatoms. The molecule has 0 aliphatic carbocycles. The number of carbonyl (C=O) groups excluding carboxylic acids is 1. The van der Waals surface area contributed by atoms with Crippen LogP contribution in [0.25, 0.3) is 11.4 Å². The molecule has 1 amide bonds. The molecule has 1 aromatic heterocycles. The van der Waals surface area contributed by atoms with Crippen LogP contribution in [0, 0.1) is 6.92 Å². The second-order valence-corrected chi connectivity index (χ2v) is 6.29. The predicted octanol–water partition coefficient (Wildman–Crippen LogP) is 3.53. The Morgan fingerprint density at radius 3 is 2.68 bits per heavy atom. The summed E-state index contributed by atoms with van der Waals surface area (Å²) in [5, 5.41) is 6.74. The van der Waals surface area contributed by atoms with E-state index in [1.54, 1.807) is 7.11 Å². The van der Waals surface area contributed by atoms with Gasteiger partial charge in [0.25, 0.3) is 5.91 Å². The minimum atomic E-state index is -0.594. The molecule has 1 heterocycles. The number of hydrogen-bond acceptors (Lipinski definition) is 6. The van der Waals surface area contributed by atoms with Gasteiger partial charge in [0, 0.05) is 5.56 Å². The number of nitrogens with one attached hydrogen (secondary N) is 1. The zero-order chi connectivity index (χ0) is 19.9. The Morgan fingerprint density at radius 2 is 1.96 bits per heavy atom. The first-order valence-corrected chi connectivity index (χ1v) is 9.07. The van der Waals surface area contributed by atoms with E-state index in [0.29, 0.717) is 29.6 Å². The number of hydrogen-bond donors (Lipinski definition) is 1. The van der Waals surface area contributed by atoms with Gasteiger partial charge in [-0.15, -0.1) is 0 Å². The summed E-state index contributed by atoms with van der Waals surface area (Å²) >= 11 is 0. The van der Waals surface area contributed by atoms with Crippen molar-refractivity contribution < 1.29 is 18.8 Å². The van der Waals surface area contributed by atoms with Gasteiger partial charge in [0.1, 0.15) is 11.5 Å². The summed E-state index contributed by atoms with van der Waals surface area (Å²) < 4.78 is 16.2. The van der Waals surface area contributed by atoms with E-state index in [1.807, 2.05) is 62.4 Å². The molecule has 0 saturated heterocycles. The molecule has 7 nitrogen and oxygen atoms in total. The van der Waals surface area contributed by atoms with Gasteiger partial charge in [-0.25, -0.2) is 0 Å². The first-order chi connectivity index (χ1) is 13.6. The van der Waals surface area contributed by atoms with Crippen molar-refractivity contribution in [1.29, 1.82) is 0 Å². The summed E-state index contributed by atoms with van der Waals surface area (Å²) in [5.41, 5.74) is 1.91. The maximum atomic E-state index is 12.4. The number of amides is 1. The van der Waals surface area contributed by atoms with Gasteiger partial charge in [0.05, 0.1) is 13.7 Å². The average molecular weight is 381 g/mol. The monoisotopic (exact) mass is 381 g/mol. The smallest absolute Gasteiger partial charge is 0.261 e. The molecule has 28 heavy (non-hydrogen) atoms. The molecule has 0 radical (unpaired) electrons. The quantitative estimate of drug-likeness (QED) is 0.642. The van der Waals surface area contributed by atoms with Gasteiger partial charge < -0.3 is 19.3 Å². The lowest BCUT2D eigenvalue weighted by Gasteiger charge is -2.16. The van der Waals surface area contributed by atoms with Gasteiger partial charge in [-0.05, 0) is 37.6 Å². The highest BCUT2D eigenvalue weighted by atomic mass is 16.5. The highest BCUT2D eigenvalue weighted by molar-refractivity contribution is 5.81. The van der Waals surface area contributed by atoms with Crippen LogP contribution in [-0.2, 0) is 11.3 Å². The van der Waals surface area contributed by atoms with Gasteiger partial charge in [-0.1, -0.05) is 41.9 Å². The normalized spacial score (nSPS) is 11.7. The minimum Gasteiger partial charge on any atom is -0.497 e. The van der Waals surface area contributed by atoms with E-state index in [-0.39, 0.29) is 12.5 Å². The summed E-state index contributed by atoms with van der Waals surface area (Å²) in [6, 6.07) is 14.9. The molecule has 1 N–H and O–H groups in total. The molecule has 0 spiro atoms. The number of aromatic nitrogens is 2. The van der Waals surface area contributed by atoms with E-state index in [0.717, 1.165) is 11.1 Å². The Morgan fingerprint density at radius 1 is 1.18 bits per heavy atom. The number of nitrogens with zero attached hydrogens (tertiary/aromatic N) is 2. The number of carbonyl (C=O) groups is 1. The molecule has 0 aliphatic heterocycles. The van der Waals surface area contributed by atoms with Crippen LogP contribution in [0.3, 0.4) is 0 Å². The number of benzene rings is 2. The molecular weight excluding hydrogens is 358 g/mol. The Kier molecular flexibility index (Phi) is 6.26. The second-order valence-electron chi connectivity index (χ2n) is 6.29. The van der Waals surface area contributed by atoms with Crippen LogP contribution in [0.15, 0.2) is 53.1 Å². The molecular formula is C21H23N3O4. The third kappa shape index (κ3) is 4.88. The number of methoxy groups -OCH3 is 1. The third-order valence-electron chi connectivity index (χ3n) is 4.17. The van der Waals surface area contributed by atoms with E-state index in [9.17, 15) is 4.79 Å². The average Bonchev–Trinajstić information content (AvgIpc) is 3.21. The molecule has 0 unspecified atom stereocenters. The lowest BCUT2D eigenvalue weighted by molar-refractivity contribution is -0.128. The van der Waals surface area contributed by atoms with Crippen molar-refractivity contribution in [3.63, 3.8) is 0 Å². The number of rotatable bonds is 8. The minimum absolute atomic E-state index is 0.129. The zero-order valence-corrected chi connectivity index (χ0v) is 16.1. The Balaban J connectivity index is 1.59. The lowest BCUT2D eigenvalue weighted by Crippen LogP contribution is -2.37. The predicted molar refractivity (Wildman–Crippen MR) is 104 cm³/mol. The van der Waals surface area contributed by atoms with Gasteiger partial charge in [0.15, 0.2) is 6.10 Å². The van der Waals surface area contributed by atoms with Crippen LogP contribution >= 0.6 is 0 Å². The fraction of sp³-hybridized carbons (Fsp3) is 0.286. The number of ether oxygens (including phenoxy) is 2. The largest absolute Gasteiger partial charge is 0.497 e. The van der Waals surface area contributed by atoms with E-state index in [2.05, 4.69) is 15.5 Å². The van der Waals surface area contributed by atoms with E-state index < -0.39 is 6.10 Å². The van der Waals surface area contributed by atoms with Gasteiger partial charge in [-0.2, -0.15) is 4.98 Å². The topological polar surface area (TPSA) is 86.5 Å². The van der Waals surface area contributed by atoms with Crippen molar-refractivity contribution in [1.82, 2.24) is 15.5 Å². The van der Waals surface area contributed by atoms with Crippen molar-refractivity contribution in [2.24, 2.45) is 0 Å². The number of aryl methyl sites for hydroxylation is 1. The van der Waals surface area contributed by atoms with Crippen molar-refractivity contribution in [2.45, 2.75) is 32.9 Å². The van der Waals surface area contributed by atoms with Crippen LogP contribution in [0.2, 0.25) is 0 Å². The SMILES string of the molecule is CC[C@@H](Oc1ccc(C)cc1)C(=O)NCc1nc(-c2cccc(OC)c2)no1. The maximum absolute atomic E-state index is 12.4. The zero-order valence-electron chi connectivity index (χ0n) is 16.1. The molecule has 0 fully saturated rings. The second kappa shape index (κ2) is 9.03. The van der Waals surface area contributed by atoms with E-state index in [1.165, 1.54) is 0 Å². The van der Waals surface area contributed by atoms with Gasteiger partial charge in [-0.3, -0.25) is 4.79 Å². The summed E-state index contributed by atoms with van der Waals surface area (Å²) in [6.07, 6.45) is -0.0537. The standard InChI is InChI=1S/C21H23N3O4/c1-4-18(27-16-10-8-14(2)9-11-16)21(25)22-13-19-23-20(24-28-19)15-6-5-7-17(12-15)26-3/h5-12,18H,4,13H2,1-3H3,(H,22,25)/t18-/m1/s1. The van der Waals surface area contributed by atoms with Crippen LogP contribution in [0.1, 0.15) is 24.8 Å². The first kappa shape index (κ1) is 19.4. The molecule has 0 bridgehead atoms. The molecule has 3 aromatic rings. The van der Waals surface area contributed by atoms with Gasteiger partial charge in [0.2, 0.25) is 11.7 Å². The van der Waals surface area contributed by atoms with E-state index >= 15 is 0 Å². The third-order valence-corrected chi connectivity index (χ3v) is 4.17. The highest BCUT2D eigenvalue weighted by Gasteiger charge is 2.19. The summed E-state index contributed by atoms with van der Waals surface area (Å²) in [4.78, 5) is 16.8. The maximum Gasteiger partial charge on any atom is 0.261 e. The highest BCUT2D eigenvalue weighted by Crippen LogP contribution is 2.21. The molecule has 0 saturated carbocycles. The van der Waals surface area contributed by atoms with E-state index in [4.69, 9.17) is 14.0 Å². The molecule has 0 aliphatic rings. The van der Waals surface area contributed by atoms with Crippen LogP contribution in [0.5, 0.6) is 11.5 Å². The van der Waals surface area contributed by atoms with Crippen molar-refractivity contribution in [3.8, 4) is 22.9 Å². The lowest BCUT2D eigenvalue weighted by atomic mass is 10.2. The van der Waals surface area contributed by atoms with Crippen molar-refractivity contribution in [3.05, 3.63) is 60.0 Å². The molecule has 1 atom stereocenters. The molecule has 3 rings (SSSR count). The fourth-order valence-electron chi connectivity index (χ4n) is 2.59. The fourth-order valence-corrected chi connectivity index (χ4v) is 2.59. The van der Waals surface area contributed by atoms with Crippen LogP contribution in [-0.4, -0.2) is 29.3 Å². The molecule has 146 valence electrons.